The number of halogens is 3. The molecule has 1 atom stereocenters. The molecule has 10 heteroatoms. The average molecular weight is 345 g/mol. The minimum Gasteiger partial charge on any atom is -0.465 e. The Bertz CT molecular complexity index is 677. The number of carbonyl (C=O) groups is 3. The maximum atomic E-state index is 12.9. The van der Waals surface area contributed by atoms with Crippen LogP contribution in [0.5, 0.6) is 0 Å². The third-order valence-corrected chi connectivity index (χ3v) is 3.41. The van der Waals surface area contributed by atoms with E-state index in [1.807, 2.05) is 5.32 Å². The van der Waals surface area contributed by atoms with Crippen LogP contribution in [0.1, 0.15) is 6.92 Å². The summed E-state index contributed by atoms with van der Waals surface area (Å²) in [6, 6.07) is 4.10. The Hall–Kier alpha value is -2.78. The number of fused-ring (bicyclic) bond motifs is 1. The number of anilines is 2. The second-order valence-corrected chi connectivity index (χ2v) is 5.16. The highest BCUT2D eigenvalue weighted by atomic mass is 19.4. The number of amides is 3. The topological polar surface area (TPSA) is 90.0 Å². The zero-order chi connectivity index (χ0) is 18.1. The van der Waals surface area contributed by atoms with Crippen LogP contribution < -0.4 is 15.1 Å². The van der Waals surface area contributed by atoms with Gasteiger partial charge in [-0.2, -0.15) is 13.2 Å². The van der Waals surface area contributed by atoms with Gasteiger partial charge in [0.25, 0.3) is 5.91 Å². The fraction of sp³-hybridized carbons (Fsp3) is 0.357. The summed E-state index contributed by atoms with van der Waals surface area (Å²) in [6.45, 7) is -0.809. The molecule has 1 aromatic carbocycles. The Kier molecular flexibility index (Phi) is 4.67. The normalized spacial score (nSPS) is 18.0. The van der Waals surface area contributed by atoms with E-state index < -0.39 is 43.2 Å². The summed E-state index contributed by atoms with van der Waals surface area (Å²) in [5, 5.41) is 10.7. The molecule has 3 amide bonds. The average Bonchev–Trinajstić information content (AvgIpc) is 2.56. The Morgan fingerprint density at radius 2 is 1.88 bits per heavy atom. The lowest BCUT2D eigenvalue weighted by Crippen LogP contribution is -2.53. The van der Waals surface area contributed by atoms with Gasteiger partial charge in [0.05, 0.1) is 17.9 Å². The van der Waals surface area contributed by atoms with Crippen molar-refractivity contribution in [1.82, 2.24) is 5.32 Å². The molecule has 1 aliphatic rings. The van der Waals surface area contributed by atoms with Crippen LogP contribution in [0.25, 0.3) is 0 Å². The Balaban J connectivity index is 2.56. The first-order valence-corrected chi connectivity index (χ1v) is 6.85. The zero-order valence-electron chi connectivity index (χ0n) is 12.5. The van der Waals surface area contributed by atoms with E-state index in [-0.39, 0.29) is 11.4 Å². The van der Waals surface area contributed by atoms with Gasteiger partial charge >= 0.3 is 12.3 Å². The van der Waals surface area contributed by atoms with E-state index >= 15 is 0 Å². The SMILES string of the molecule is CC(=O)N1C[C@H](NC(=O)O)C(=O)N(CC(F)(F)F)c2ccccc21. The molecule has 0 radical (unpaired) electrons. The van der Waals surface area contributed by atoms with E-state index in [0.717, 1.165) is 4.90 Å². The molecule has 2 rings (SSSR count). The lowest BCUT2D eigenvalue weighted by atomic mass is 10.2. The van der Waals surface area contributed by atoms with Crippen molar-refractivity contribution in [1.29, 1.82) is 0 Å². The van der Waals surface area contributed by atoms with Gasteiger partial charge in [-0.25, -0.2) is 4.79 Å². The van der Waals surface area contributed by atoms with Gasteiger partial charge in [0, 0.05) is 6.92 Å². The standard InChI is InChI=1S/C14H14F3N3O4/c1-8(21)19-6-9(18-13(23)24)12(22)20(7-14(15,16)17)11-5-3-2-4-10(11)19/h2-5,9,18H,6-7H2,1H3,(H,23,24)/t9-/m0/s1. The predicted molar refractivity (Wildman–Crippen MR) is 77.8 cm³/mol. The lowest BCUT2D eigenvalue weighted by Gasteiger charge is -2.26. The first-order valence-electron chi connectivity index (χ1n) is 6.85. The van der Waals surface area contributed by atoms with E-state index in [0.29, 0.717) is 4.90 Å². The molecule has 1 aliphatic heterocycles. The molecule has 0 bridgehead atoms. The highest BCUT2D eigenvalue weighted by Crippen LogP contribution is 2.34. The maximum Gasteiger partial charge on any atom is 0.406 e. The number of carboxylic acid groups (broad SMARTS) is 1. The molecule has 0 fully saturated rings. The molecule has 130 valence electrons. The number of alkyl halides is 3. The quantitative estimate of drug-likeness (QED) is 0.852. The summed E-state index contributed by atoms with van der Waals surface area (Å²) in [5.74, 6) is -1.60. The van der Waals surface area contributed by atoms with Gasteiger partial charge in [0.2, 0.25) is 5.91 Å². The Morgan fingerprint density at radius 3 is 2.38 bits per heavy atom. The van der Waals surface area contributed by atoms with E-state index in [1.165, 1.54) is 31.2 Å². The largest absolute Gasteiger partial charge is 0.465 e. The molecule has 24 heavy (non-hydrogen) atoms. The van der Waals surface area contributed by atoms with Crippen LogP contribution in [0, 0.1) is 0 Å². The highest BCUT2D eigenvalue weighted by molar-refractivity contribution is 6.07. The molecule has 1 aromatic rings. The minimum absolute atomic E-state index is 0.107. The van der Waals surface area contributed by atoms with E-state index in [4.69, 9.17) is 5.11 Å². The number of hydrogen-bond acceptors (Lipinski definition) is 3. The Morgan fingerprint density at radius 1 is 1.29 bits per heavy atom. The monoisotopic (exact) mass is 345 g/mol. The molecular weight excluding hydrogens is 331 g/mol. The molecule has 0 aliphatic carbocycles. The molecule has 0 spiro atoms. The maximum absolute atomic E-state index is 12.9. The zero-order valence-corrected chi connectivity index (χ0v) is 12.5. The molecule has 7 nitrogen and oxygen atoms in total. The van der Waals surface area contributed by atoms with Crippen LogP contribution in [0.3, 0.4) is 0 Å². The van der Waals surface area contributed by atoms with E-state index in [2.05, 4.69) is 0 Å². The molecule has 0 saturated heterocycles. The number of carbonyl (C=O) groups excluding carboxylic acids is 2. The van der Waals surface area contributed by atoms with Crippen molar-refractivity contribution in [3.63, 3.8) is 0 Å². The number of benzene rings is 1. The van der Waals surface area contributed by atoms with Crippen LogP contribution in [0.4, 0.5) is 29.3 Å². The van der Waals surface area contributed by atoms with Crippen molar-refractivity contribution in [3.05, 3.63) is 24.3 Å². The third kappa shape index (κ3) is 3.76. The molecule has 2 N–H and O–H groups in total. The van der Waals surface area contributed by atoms with Crippen molar-refractivity contribution in [2.45, 2.75) is 19.1 Å². The van der Waals surface area contributed by atoms with Gasteiger partial charge in [0.15, 0.2) is 0 Å². The second-order valence-electron chi connectivity index (χ2n) is 5.16. The van der Waals surface area contributed by atoms with Gasteiger partial charge < -0.3 is 15.3 Å². The van der Waals surface area contributed by atoms with Crippen LogP contribution >= 0.6 is 0 Å². The second kappa shape index (κ2) is 6.38. The van der Waals surface area contributed by atoms with Crippen LogP contribution in [-0.2, 0) is 9.59 Å². The van der Waals surface area contributed by atoms with Crippen LogP contribution in [-0.4, -0.2) is 48.3 Å². The summed E-state index contributed by atoms with van der Waals surface area (Å²) < 4.78 is 38.6. The van der Waals surface area contributed by atoms with Gasteiger partial charge in [-0.1, -0.05) is 12.1 Å². The fourth-order valence-corrected chi connectivity index (χ4v) is 2.48. The van der Waals surface area contributed by atoms with E-state index in [1.54, 1.807) is 0 Å². The number of rotatable bonds is 2. The lowest BCUT2D eigenvalue weighted by molar-refractivity contribution is -0.133. The van der Waals surface area contributed by atoms with Gasteiger partial charge in [-0.15, -0.1) is 0 Å². The first kappa shape index (κ1) is 17.6. The number of nitrogens with one attached hydrogen (secondary N) is 1. The number of hydrogen-bond donors (Lipinski definition) is 2. The molecular formula is C14H14F3N3O4. The molecule has 1 heterocycles. The molecule has 0 aromatic heterocycles. The van der Waals surface area contributed by atoms with Crippen molar-refractivity contribution >= 4 is 29.3 Å². The summed E-state index contributed by atoms with van der Waals surface area (Å²) >= 11 is 0. The third-order valence-electron chi connectivity index (χ3n) is 3.41. The molecule has 0 saturated carbocycles. The summed E-state index contributed by atoms with van der Waals surface area (Å²) in [4.78, 5) is 36.7. The summed E-state index contributed by atoms with van der Waals surface area (Å²) in [7, 11) is 0. The van der Waals surface area contributed by atoms with E-state index in [9.17, 15) is 27.6 Å². The number of para-hydroxylation sites is 2. The van der Waals surface area contributed by atoms with Gasteiger partial charge in [0.1, 0.15) is 12.6 Å². The smallest absolute Gasteiger partial charge is 0.406 e. The minimum atomic E-state index is -4.69. The fourth-order valence-electron chi connectivity index (χ4n) is 2.48. The van der Waals surface area contributed by atoms with Crippen molar-refractivity contribution in [2.24, 2.45) is 0 Å². The van der Waals surface area contributed by atoms with Crippen molar-refractivity contribution < 1.29 is 32.7 Å². The van der Waals surface area contributed by atoms with Gasteiger partial charge in [-0.05, 0) is 12.1 Å². The highest BCUT2D eigenvalue weighted by Gasteiger charge is 2.41. The van der Waals surface area contributed by atoms with Gasteiger partial charge in [-0.3, -0.25) is 14.5 Å². The predicted octanol–water partition coefficient (Wildman–Crippen LogP) is 1.58. The van der Waals surface area contributed by atoms with Crippen molar-refractivity contribution in [2.75, 3.05) is 22.9 Å². The summed E-state index contributed by atoms with van der Waals surface area (Å²) in [6.07, 6.45) is -6.27. The van der Waals surface area contributed by atoms with Crippen molar-refractivity contribution in [3.8, 4) is 0 Å². The number of nitrogens with zero attached hydrogens (tertiary/aromatic N) is 2. The Labute approximate surface area is 134 Å². The summed E-state index contributed by atoms with van der Waals surface area (Å²) in [5.41, 5.74) is 0.00185. The van der Waals surface area contributed by atoms with Crippen LogP contribution in [0.2, 0.25) is 0 Å². The molecule has 0 unspecified atom stereocenters. The first-order chi connectivity index (χ1) is 11.1. The van der Waals surface area contributed by atoms with Crippen LogP contribution in [0.15, 0.2) is 24.3 Å².